The Morgan fingerprint density at radius 2 is 1.92 bits per heavy atom. The van der Waals surface area contributed by atoms with Crippen molar-refractivity contribution < 1.29 is 4.79 Å². The van der Waals surface area contributed by atoms with Gasteiger partial charge in [-0.15, -0.1) is 0 Å². The van der Waals surface area contributed by atoms with Crippen LogP contribution in [-0.2, 0) is 0 Å². The van der Waals surface area contributed by atoms with Gasteiger partial charge in [-0.3, -0.25) is 5.10 Å². The third kappa shape index (κ3) is 4.24. The predicted octanol–water partition coefficient (Wildman–Crippen LogP) is 4.10. The van der Waals surface area contributed by atoms with Crippen molar-refractivity contribution in [3.8, 4) is 0 Å². The van der Waals surface area contributed by atoms with Crippen molar-refractivity contribution in [2.45, 2.75) is 19.9 Å². The normalized spacial score (nSPS) is 11.8. The van der Waals surface area contributed by atoms with Gasteiger partial charge in [0.1, 0.15) is 11.9 Å². The van der Waals surface area contributed by atoms with E-state index in [1.165, 1.54) is 0 Å². The standard InChI is InChI=1S/C18H18BrN5O/c1-11-10-14(8-9-15(11)19)21-18(25)22-16(13-6-4-3-5-7-13)17-20-12(2)23-24-17/h3-10,16H,1-2H3,(H,20,23,24)(H2,21,22,25). The summed E-state index contributed by atoms with van der Waals surface area (Å²) in [5.74, 6) is 1.22. The number of urea groups is 1. The number of amides is 2. The van der Waals surface area contributed by atoms with Crippen molar-refractivity contribution >= 4 is 27.6 Å². The molecule has 3 N–H and O–H groups in total. The maximum Gasteiger partial charge on any atom is 0.320 e. The van der Waals surface area contributed by atoms with Gasteiger partial charge in [-0.25, -0.2) is 9.78 Å². The Hall–Kier alpha value is -2.67. The van der Waals surface area contributed by atoms with E-state index in [1.54, 1.807) is 0 Å². The monoisotopic (exact) mass is 399 g/mol. The van der Waals surface area contributed by atoms with E-state index in [4.69, 9.17) is 0 Å². The van der Waals surface area contributed by atoms with Crippen molar-refractivity contribution in [1.82, 2.24) is 20.5 Å². The van der Waals surface area contributed by atoms with Crippen LogP contribution in [0.1, 0.15) is 28.8 Å². The third-order valence-corrected chi connectivity index (χ3v) is 4.59. The lowest BCUT2D eigenvalue weighted by atomic mass is 10.1. The lowest BCUT2D eigenvalue weighted by Crippen LogP contribution is -2.33. The zero-order chi connectivity index (χ0) is 17.8. The second kappa shape index (κ2) is 7.48. The zero-order valence-corrected chi connectivity index (χ0v) is 15.5. The fourth-order valence-electron chi connectivity index (χ4n) is 2.45. The Bertz CT molecular complexity index is 878. The minimum Gasteiger partial charge on any atom is -0.324 e. The molecule has 0 saturated heterocycles. The van der Waals surface area contributed by atoms with Gasteiger partial charge in [-0.2, -0.15) is 5.10 Å². The van der Waals surface area contributed by atoms with Crippen LogP contribution in [-0.4, -0.2) is 21.2 Å². The van der Waals surface area contributed by atoms with Gasteiger partial charge in [0.15, 0.2) is 5.82 Å². The van der Waals surface area contributed by atoms with Crippen molar-refractivity contribution in [2.24, 2.45) is 0 Å². The highest BCUT2D eigenvalue weighted by molar-refractivity contribution is 9.10. The van der Waals surface area contributed by atoms with Crippen molar-refractivity contribution in [3.63, 3.8) is 0 Å². The second-order valence-electron chi connectivity index (χ2n) is 5.69. The fourth-order valence-corrected chi connectivity index (χ4v) is 2.70. The summed E-state index contributed by atoms with van der Waals surface area (Å²) >= 11 is 3.45. The Labute approximate surface area is 154 Å². The van der Waals surface area contributed by atoms with Crippen LogP contribution in [0.15, 0.2) is 53.0 Å². The number of carbonyl (C=O) groups is 1. The molecule has 0 fully saturated rings. The number of aromatic nitrogens is 3. The highest BCUT2D eigenvalue weighted by Crippen LogP contribution is 2.21. The van der Waals surface area contributed by atoms with Crippen molar-refractivity contribution in [2.75, 3.05) is 5.32 Å². The smallest absolute Gasteiger partial charge is 0.320 e. The van der Waals surface area contributed by atoms with Gasteiger partial charge >= 0.3 is 6.03 Å². The largest absolute Gasteiger partial charge is 0.324 e. The van der Waals surface area contributed by atoms with Crippen LogP contribution in [0, 0.1) is 13.8 Å². The molecule has 2 aromatic carbocycles. The maximum absolute atomic E-state index is 12.5. The number of hydrogen-bond donors (Lipinski definition) is 3. The molecule has 0 aliphatic rings. The maximum atomic E-state index is 12.5. The van der Waals surface area contributed by atoms with E-state index in [0.29, 0.717) is 11.6 Å². The van der Waals surface area contributed by atoms with Crippen LogP contribution in [0.25, 0.3) is 0 Å². The molecule has 2 amide bonds. The van der Waals surface area contributed by atoms with Crippen molar-refractivity contribution in [3.05, 3.63) is 75.8 Å². The molecule has 128 valence electrons. The van der Waals surface area contributed by atoms with Crippen LogP contribution in [0.4, 0.5) is 10.5 Å². The number of nitrogens with zero attached hydrogens (tertiary/aromatic N) is 2. The molecular weight excluding hydrogens is 382 g/mol. The van der Waals surface area contributed by atoms with E-state index in [-0.39, 0.29) is 6.03 Å². The van der Waals surface area contributed by atoms with Gasteiger partial charge < -0.3 is 10.6 Å². The van der Waals surface area contributed by atoms with Gasteiger partial charge in [0, 0.05) is 10.2 Å². The molecule has 3 rings (SSSR count). The lowest BCUT2D eigenvalue weighted by molar-refractivity contribution is 0.249. The van der Waals surface area contributed by atoms with E-state index >= 15 is 0 Å². The number of anilines is 1. The highest BCUT2D eigenvalue weighted by Gasteiger charge is 2.20. The van der Waals surface area contributed by atoms with Gasteiger partial charge in [-0.05, 0) is 43.2 Å². The first-order chi connectivity index (χ1) is 12.0. The first-order valence-corrected chi connectivity index (χ1v) is 8.60. The van der Waals surface area contributed by atoms with E-state index in [2.05, 4.69) is 41.7 Å². The number of rotatable bonds is 4. The number of hydrogen-bond acceptors (Lipinski definition) is 3. The number of aryl methyl sites for hydroxylation is 2. The molecule has 1 heterocycles. The van der Waals surface area contributed by atoms with Crippen LogP contribution in [0.5, 0.6) is 0 Å². The van der Waals surface area contributed by atoms with Crippen LogP contribution in [0.2, 0.25) is 0 Å². The van der Waals surface area contributed by atoms with E-state index < -0.39 is 6.04 Å². The number of benzene rings is 2. The van der Waals surface area contributed by atoms with Crippen LogP contribution >= 0.6 is 15.9 Å². The summed E-state index contributed by atoms with van der Waals surface area (Å²) in [7, 11) is 0. The second-order valence-corrected chi connectivity index (χ2v) is 6.54. The number of halogens is 1. The minimum absolute atomic E-state index is 0.321. The molecule has 1 atom stereocenters. The van der Waals surface area contributed by atoms with Gasteiger partial charge in [0.05, 0.1) is 0 Å². The number of aromatic amines is 1. The SMILES string of the molecule is Cc1nc(C(NC(=O)Nc2ccc(Br)c(C)c2)c2ccccc2)n[nH]1. The molecule has 0 aliphatic carbocycles. The third-order valence-electron chi connectivity index (χ3n) is 3.70. The van der Waals surface area contributed by atoms with E-state index in [9.17, 15) is 4.79 Å². The number of carbonyl (C=O) groups excluding carboxylic acids is 1. The zero-order valence-electron chi connectivity index (χ0n) is 13.9. The molecule has 7 heteroatoms. The van der Waals surface area contributed by atoms with Gasteiger partial charge in [0.2, 0.25) is 0 Å². The summed E-state index contributed by atoms with van der Waals surface area (Å²) < 4.78 is 0.997. The van der Waals surface area contributed by atoms with Gasteiger partial charge in [0.25, 0.3) is 0 Å². The Kier molecular flexibility index (Phi) is 5.14. The molecule has 25 heavy (non-hydrogen) atoms. The Balaban J connectivity index is 1.80. The summed E-state index contributed by atoms with van der Waals surface area (Å²) in [6, 6.07) is 14.5. The Morgan fingerprint density at radius 1 is 1.16 bits per heavy atom. The summed E-state index contributed by atoms with van der Waals surface area (Å²) in [4.78, 5) is 16.8. The molecule has 6 nitrogen and oxygen atoms in total. The lowest BCUT2D eigenvalue weighted by Gasteiger charge is -2.17. The van der Waals surface area contributed by atoms with E-state index in [1.807, 2.05) is 62.4 Å². The number of nitrogens with one attached hydrogen (secondary N) is 3. The first kappa shape index (κ1) is 17.2. The quantitative estimate of drug-likeness (QED) is 0.617. The molecule has 0 bridgehead atoms. The van der Waals surface area contributed by atoms with Crippen LogP contribution in [0.3, 0.4) is 0 Å². The summed E-state index contributed by atoms with van der Waals surface area (Å²) in [6.07, 6.45) is 0. The summed E-state index contributed by atoms with van der Waals surface area (Å²) in [6.45, 7) is 3.79. The summed E-state index contributed by atoms with van der Waals surface area (Å²) in [5, 5.41) is 12.8. The molecule has 0 aliphatic heterocycles. The molecule has 0 saturated carbocycles. The van der Waals surface area contributed by atoms with Gasteiger partial charge in [-0.1, -0.05) is 46.3 Å². The average molecular weight is 400 g/mol. The summed E-state index contributed by atoms with van der Waals surface area (Å²) in [5.41, 5.74) is 2.67. The molecular formula is C18H18BrN5O. The van der Waals surface area contributed by atoms with E-state index in [0.717, 1.165) is 21.3 Å². The topological polar surface area (TPSA) is 82.7 Å². The fraction of sp³-hybridized carbons (Fsp3) is 0.167. The Morgan fingerprint density at radius 3 is 2.56 bits per heavy atom. The molecule has 0 spiro atoms. The predicted molar refractivity (Wildman–Crippen MR) is 100 cm³/mol. The first-order valence-electron chi connectivity index (χ1n) is 7.80. The van der Waals surface area contributed by atoms with Crippen LogP contribution < -0.4 is 10.6 Å². The molecule has 1 aromatic heterocycles. The molecule has 0 radical (unpaired) electrons. The van der Waals surface area contributed by atoms with Crippen molar-refractivity contribution in [1.29, 1.82) is 0 Å². The number of H-pyrrole nitrogens is 1. The molecule has 3 aromatic rings. The molecule has 1 unspecified atom stereocenters. The highest BCUT2D eigenvalue weighted by atomic mass is 79.9. The average Bonchev–Trinajstić information content (AvgIpc) is 3.03. The minimum atomic E-state index is -0.442.